The maximum atomic E-state index is 12.4. The quantitative estimate of drug-likeness (QED) is 0.802. The van der Waals surface area contributed by atoms with Crippen molar-refractivity contribution in [2.24, 2.45) is 5.41 Å². The van der Waals surface area contributed by atoms with Crippen molar-refractivity contribution in [3.63, 3.8) is 0 Å². The number of H-pyrrole nitrogens is 1. The smallest absolute Gasteiger partial charge is 0.312 e. The molecule has 0 aromatic carbocycles. The molecule has 1 aromatic heterocycles. The van der Waals surface area contributed by atoms with Gasteiger partial charge >= 0.3 is 5.97 Å². The lowest BCUT2D eigenvalue weighted by molar-refractivity contribution is -0.150. The predicted octanol–water partition coefficient (Wildman–Crippen LogP) is 0.978. The minimum Gasteiger partial charge on any atom is -0.461 e. The van der Waals surface area contributed by atoms with Crippen molar-refractivity contribution in [1.82, 2.24) is 25.4 Å². The van der Waals surface area contributed by atoms with E-state index in [2.05, 4.69) is 25.4 Å². The summed E-state index contributed by atoms with van der Waals surface area (Å²) < 4.78 is 5.73. The minimum absolute atomic E-state index is 0.0417. The van der Waals surface area contributed by atoms with Crippen LogP contribution in [0.2, 0.25) is 0 Å². The summed E-state index contributed by atoms with van der Waals surface area (Å²) in [6, 6.07) is 0. The van der Waals surface area contributed by atoms with Crippen LogP contribution in [0.4, 0.5) is 0 Å². The Hall–Kier alpha value is -1.47. The zero-order chi connectivity index (χ0) is 16.6. The van der Waals surface area contributed by atoms with Crippen LogP contribution in [0.15, 0.2) is 0 Å². The molecular weight excluding hydrogens is 306 g/mol. The van der Waals surface area contributed by atoms with E-state index in [4.69, 9.17) is 4.74 Å². The zero-order valence-corrected chi connectivity index (χ0v) is 14.4. The molecule has 1 atom stereocenters. The lowest BCUT2D eigenvalue weighted by atomic mass is 9.76. The molecule has 0 amide bonds. The molecule has 0 bridgehead atoms. The van der Waals surface area contributed by atoms with Gasteiger partial charge in [0, 0.05) is 18.9 Å². The molecule has 1 unspecified atom stereocenters. The largest absolute Gasteiger partial charge is 0.461 e. The normalized spacial score (nSPS) is 28.4. The Bertz CT molecular complexity index is 588. The molecule has 0 aliphatic carbocycles. The van der Waals surface area contributed by atoms with Crippen molar-refractivity contribution in [2.75, 3.05) is 32.7 Å². The number of nitrogens with zero attached hydrogens (tertiary/aromatic N) is 3. The van der Waals surface area contributed by atoms with Gasteiger partial charge in [-0.15, -0.1) is 0 Å². The van der Waals surface area contributed by atoms with Gasteiger partial charge < -0.3 is 10.1 Å². The van der Waals surface area contributed by atoms with E-state index in [9.17, 15) is 4.79 Å². The van der Waals surface area contributed by atoms with Crippen molar-refractivity contribution in [3.8, 4) is 0 Å². The Kier molecular flexibility index (Phi) is 4.30. The van der Waals surface area contributed by atoms with E-state index in [1.54, 1.807) is 0 Å². The molecule has 3 aliphatic heterocycles. The van der Waals surface area contributed by atoms with Crippen LogP contribution >= 0.6 is 0 Å². The van der Waals surface area contributed by atoms with Gasteiger partial charge in [0.15, 0.2) is 5.82 Å². The van der Waals surface area contributed by atoms with Gasteiger partial charge in [-0.3, -0.25) is 14.8 Å². The van der Waals surface area contributed by atoms with E-state index in [0.29, 0.717) is 5.92 Å². The van der Waals surface area contributed by atoms with Crippen LogP contribution in [-0.2, 0) is 9.53 Å². The fourth-order valence-corrected chi connectivity index (χ4v) is 4.46. The van der Waals surface area contributed by atoms with Gasteiger partial charge in [0.25, 0.3) is 0 Å². The number of rotatable bonds is 3. The molecule has 7 heteroatoms. The number of carbonyl (C=O) groups is 1. The second-order valence-corrected chi connectivity index (χ2v) is 7.62. The number of nitrogens with one attached hydrogen (secondary N) is 2. The second kappa shape index (κ2) is 6.44. The number of hydrogen-bond donors (Lipinski definition) is 2. The van der Waals surface area contributed by atoms with Crippen LogP contribution in [-0.4, -0.2) is 64.9 Å². The highest BCUT2D eigenvalue weighted by Gasteiger charge is 2.49. The summed E-state index contributed by atoms with van der Waals surface area (Å²) in [6.45, 7) is 6.74. The summed E-state index contributed by atoms with van der Waals surface area (Å²) in [4.78, 5) is 19.3. The minimum atomic E-state index is -0.204. The van der Waals surface area contributed by atoms with E-state index in [-0.39, 0.29) is 17.5 Å². The van der Waals surface area contributed by atoms with Crippen molar-refractivity contribution in [3.05, 3.63) is 11.6 Å². The van der Waals surface area contributed by atoms with E-state index < -0.39 is 0 Å². The highest BCUT2D eigenvalue weighted by molar-refractivity contribution is 5.79. The molecule has 24 heavy (non-hydrogen) atoms. The second-order valence-electron chi connectivity index (χ2n) is 7.62. The van der Waals surface area contributed by atoms with Crippen molar-refractivity contribution in [1.29, 1.82) is 0 Å². The number of esters is 1. The molecule has 2 N–H and O–H groups in total. The number of carbonyl (C=O) groups excluding carboxylic acids is 1. The molecule has 3 saturated heterocycles. The van der Waals surface area contributed by atoms with E-state index in [1.165, 1.54) is 0 Å². The van der Waals surface area contributed by atoms with Crippen molar-refractivity contribution in [2.45, 2.75) is 51.0 Å². The van der Waals surface area contributed by atoms with Crippen LogP contribution in [0.25, 0.3) is 0 Å². The highest BCUT2D eigenvalue weighted by Crippen LogP contribution is 2.42. The molecule has 1 aromatic rings. The topological polar surface area (TPSA) is 83.1 Å². The Morgan fingerprint density at radius 3 is 2.71 bits per heavy atom. The highest BCUT2D eigenvalue weighted by atomic mass is 16.6. The number of aryl methyl sites for hydroxylation is 1. The van der Waals surface area contributed by atoms with E-state index >= 15 is 0 Å². The third-order valence-electron chi connectivity index (χ3n) is 5.91. The Labute approximate surface area is 142 Å². The van der Waals surface area contributed by atoms with E-state index in [1.807, 2.05) is 6.92 Å². The average Bonchev–Trinajstić information content (AvgIpc) is 3.14. The SMILES string of the molecule is Cc1nc(C2CCN(CC3CC4(CCNCC4)C(=O)O3)CC2)n[nH]1. The fraction of sp³-hybridized carbons (Fsp3) is 0.824. The Morgan fingerprint density at radius 2 is 2.04 bits per heavy atom. The standard InChI is InChI=1S/C17H27N5O2/c1-12-19-15(21-20-12)13-2-8-22(9-3-13)11-14-10-17(16(23)24-14)4-6-18-7-5-17/h13-14,18H,2-11H2,1H3,(H,19,20,21). The number of aromatic nitrogens is 3. The first-order valence-electron chi connectivity index (χ1n) is 9.18. The van der Waals surface area contributed by atoms with Gasteiger partial charge in [-0.25, -0.2) is 4.98 Å². The molecule has 4 rings (SSSR count). The number of piperidine rings is 2. The molecule has 132 valence electrons. The van der Waals surface area contributed by atoms with Crippen LogP contribution in [0.1, 0.15) is 49.7 Å². The molecule has 0 radical (unpaired) electrons. The van der Waals surface area contributed by atoms with Crippen molar-refractivity contribution >= 4 is 5.97 Å². The molecule has 0 saturated carbocycles. The first-order chi connectivity index (χ1) is 11.6. The van der Waals surface area contributed by atoms with E-state index in [0.717, 1.165) is 76.5 Å². The summed E-state index contributed by atoms with van der Waals surface area (Å²) in [7, 11) is 0. The van der Waals surface area contributed by atoms with Gasteiger partial charge in [0.05, 0.1) is 5.41 Å². The summed E-state index contributed by atoms with van der Waals surface area (Å²) >= 11 is 0. The van der Waals surface area contributed by atoms with Crippen LogP contribution < -0.4 is 5.32 Å². The molecular formula is C17H27N5O2. The number of ether oxygens (including phenoxy) is 1. The monoisotopic (exact) mass is 333 g/mol. The fourth-order valence-electron chi connectivity index (χ4n) is 4.46. The third kappa shape index (κ3) is 3.07. The summed E-state index contributed by atoms with van der Waals surface area (Å²) in [5.74, 6) is 2.33. The maximum absolute atomic E-state index is 12.4. The van der Waals surface area contributed by atoms with Crippen molar-refractivity contribution < 1.29 is 9.53 Å². The number of aromatic amines is 1. The van der Waals surface area contributed by atoms with Crippen LogP contribution in [0, 0.1) is 12.3 Å². The first-order valence-corrected chi connectivity index (χ1v) is 9.18. The first kappa shape index (κ1) is 16.0. The zero-order valence-electron chi connectivity index (χ0n) is 14.4. The summed E-state index contributed by atoms with van der Waals surface area (Å²) in [5.41, 5.74) is -0.204. The van der Waals surface area contributed by atoms with Gasteiger partial charge in [0.1, 0.15) is 11.9 Å². The summed E-state index contributed by atoms with van der Waals surface area (Å²) in [6.07, 6.45) is 4.97. The molecule has 7 nitrogen and oxygen atoms in total. The number of hydrogen-bond acceptors (Lipinski definition) is 6. The molecule has 4 heterocycles. The van der Waals surface area contributed by atoms with Crippen LogP contribution in [0.5, 0.6) is 0 Å². The number of cyclic esters (lactones) is 1. The molecule has 3 aliphatic rings. The predicted molar refractivity (Wildman–Crippen MR) is 88.6 cm³/mol. The van der Waals surface area contributed by atoms with Gasteiger partial charge in [-0.05, 0) is 58.8 Å². The van der Waals surface area contributed by atoms with Crippen LogP contribution in [0.3, 0.4) is 0 Å². The Balaban J connectivity index is 1.29. The summed E-state index contributed by atoms with van der Waals surface area (Å²) in [5, 5.41) is 10.6. The molecule has 1 spiro atoms. The lowest BCUT2D eigenvalue weighted by Crippen LogP contribution is -2.40. The Morgan fingerprint density at radius 1 is 1.29 bits per heavy atom. The van der Waals surface area contributed by atoms with Gasteiger partial charge in [-0.1, -0.05) is 0 Å². The third-order valence-corrected chi connectivity index (χ3v) is 5.91. The number of likely N-dealkylation sites (tertiary alicyclic amines) is 1. The maximum Gasteiger partial charge on any atom is 0.312 e. The average molecular weight is 333 g/mol. The van der Waals surface area contributed by atoms with Gasteiger partial charge in [-0.2, -0.15) is 5.10 Å². The van der Waals surface area contributed by atoms with Gasteiger partial charge in [0.2, 0.25) is 0 Å². The lowest BCUT2D eigenvalue weighted by Gasteiger charge is -2.32. The molecule has 3 fully saturated rings.